The molecule has 1 fully saturated rings. The minimum atomic E-state index is -0.0429. The fourth-order valence-corrected chi connectivity index (χ4v) is 7.50. The number of thioether (sulfide) groups is 2. The molecule has 8 heteroatoms. The highest BCUT2D eigenvalue weighted by atomic mass is 32.2. The molecule has 5 nitrogen and oxygen atoms in total. The van der Waals surface area contributed by atoms with Gasteiger partial charge in [0.25, 0.3) is 5.91 Å². The number of amidine groups is 1. The molecule has 1 amide bonds. The molecule has 0 atom stereocenters. The highest BCUT2D eigenvalue weighted by Gasteiger charge is 2.40. The number of rotatable bonds is 3. The van der Waals surface area contributed by atoms with Crippen LogP contribution >= 0.6 is 34.9 Å². The van der Waals surface area contributed by atoms with Gasteiger partial charge in [-0.1, -0.05) is 36.0 Å². The normalized spacial score (nSPS) is 18.8. The van der Waals surface area contributed by atoms with Crippen LogP contribution in [0.25, 0.3) is 10.2 Å². The topological polar surface area (TPSA) is 48.8 Å². The summed E-state index contributed by atoms with van der Waals surface area (Å²) in [7, 11) is 0. The Morgan fingerprint density at radius 1 is 0.971 bits per heavy atom. The van der Waals surface area contributed by atoms with Crippen molar-refractivity contribution in [2.45, 2.75) is 25.7 Å². The number of thiazole rings is 1. The number of amides is 1. The molecule has 35 heavy (non-hydrogen) atoms. The van der Waals surface area contributed by atoms with Gasteiger partial charge in [0.1, 0.15) is 9.93 Å². The van der Waals surface area contributed by atoms with E-state index < -0.39 is 0 Å². The van der Waals surface area contributed by atoms with Gasteiger partial charge in [-0.3, -0.25) is 9.69 Å². The van der Waals surface area contributed by atoms with Crippen molar-refractivity contribution in [3.8, 4) is 0 Å². The van der Waals surface area contributed by atoms with Crippen LogP contribution in [0.1, 0.15) is 17.5 Å². The molecule has 1 aromatic heterocycles. The minimum absolute atomic E-state index is 0.0429. The molecule has 0 aliphatic carbocycles. The maximum atomic E-state index is 13.9. The molecule has 0 bridgehead atoms. The van der Waals surface area contributed by atoms with Gasteiger partial charge < -0.3 is 4.90 Å². The average Bonchev–Trinajstić information content (AvgIpc) is 3.50. The predicted octanol–water partition coefficient (Wildman–Crippen LogP) is 7.48. The van der Waals surface area contributed by atoms with Crippen molar-refractivity contribution in [1.29, 1.82) is 0 Å². The molecule has 3 aromatic carbocycles. The van der Waals surface area contributed by atoms with E-state index in [2.05, 4.69) is 35.0 Å². The Hall–Kier alpha value is -3.07. The lowest BCUT2D eigenvalue weighted by molar-refractivity contribution is -0.113. The molecule has 0 saturated carbocycles. The summed E-state index contributed by atoms with van der Waals surface area (Å²) in [6, 6.07) is 22.4. The zero-order valence-corrected chi connectivity index (χ0v) is 21.9. The Morgan fingerprint density at radius 3 is 2.66 bits per heavy atom. The highest BCUT2D eigenvalue weighted by molar-refractivity contribution is 8.20. The summed E-state index contributed by atoms with van der Waals surface area (Å²) < 4.78 is 1.14. The summed E-state index contributed by atoms with van der Waals surface area (Å²) in [6.07, 6.45) is 0. The monoisotopic (exact) mass is 514 g/mol. The van der Waals surface area contributed by atoms with Crippen LogP contribution in [-0.4, -0.2) is 22.6 Å². The Bertz CT molecular complexity index is 1560. The first-order valence-electron chi connectivity index (χ1n) is 11.4. The van der Waals surface area contributed by atoms with Crippen LogP contribution in [0.4, 0.5) is 17.1 Å². The first-order valence-corrected chi connectivity index (χ1v) is 13.8. The third-order valence-electron chi connectivity index (χ3n) is 5.86. The maximum absolute atomic E-state index is 13.9. The van der Waals surface area contributed by atoms with Crippen molar-refractivity contribution in [3.05, 3.63) is 87.2 Å². The van der Waals surface area contributed by atoms with Crippen LogP contribution in [0, 0.1) is 13.8 Å². The second kappa shape index (κ2) is 8.86. The fraction of sp³-hybridized carbons (Fsp3) is 0.148. The zero-order valence-electron chi connectivity index (χ0n) is 19.5. The lowest BCUT2D eigenvalue weighted by Gasteiger charge is -2.19. The van der Waals surface area contributed by atoms with Crippen molar-refractivity contribution in [1.82, 2.24) is 4.98 Å². The number of para-hydroxylation sites is 1. The van der Waals surface area contributed by atoms with Crippen molar-refractivity contribution in [3.63, 3.8) is 0 Å². The molecule has 0 radical (unpaired) electrons. The Kier molecular flexibility index (Phi) is 5.67. The summed E-state index contributed by atoms with van der Waals surface area (Å²) in [6.45, 7) is 6.95. The van der Waals surface area contributed by atoms with Gasteiger partial charge in [-0.2, -0.15) is 0 Å². The molecule has 1 saturated heterocycles. The number of nitrogens with zero attached hydrogens (tertiary/aromatic N) is 4. The molecule has 2 aliphatic heterocycles. The Morgan fingerprint density at radius 2 is 1.83 bits per heavy atom. The average molecular weight is 515 g/mol. The van der Waals surface area contributed by atoms with E-state index >= 15 is 0 Å². The molecule has 0 N–H and O–H groups in total. The first-order chi connectivity index (χ1) is 17.0. The number of benzene rings is 3. The molecule has 2 aliphatic rings. The van der Waals surface area contributed by atoms with Crippen LogP contribution in [0.15, 0.2) is 86.6 Å². The number of fused-ring (bicyclic) bond motifs is 2. The number of aryl methyl sites for hydroxylation is 2. The van der Waals surface area contributed by atoms with Gasteiger partial charge in [-0.25, -0.2) is 9.98 Å². The van der Waals surface area contributed by atoms with Gasteiger partial charge in [-0.15, -0.1) is 11.3 Å². The van der Waals surface area contributed by atoms with E-state index in [0.717, 1.165) is 49.4 Å². The molecule has 0 unspecified atom stereocenters. The van der Waals surface area contributed by atoms with E-state index in [1.54, 1.807) is 28.0 Å². The van der Waals surface area contributed by atoms with E-state index in [4.69, 9.17) is 4.99 Å². The van der Waals surface area contributed by atoms with Gasteiger partial charge in [0, 0.05) is 11.4 Å². The molecular weight excluding hydrogens is 493 g/mol. The van der Waals surface area contributed by atoms with Crippen LogP contribution in [0.2, 0.25) is 0 Å². The highest BCUT2D eigenvalue weighted by Crippen LogP contribution is 2.51. The zero-order chi connectivity index (χ0) is 24.1. The minimum Gasteiger partial charge on any atom is -0.334 e. The number of hydrogen-bond donors (Lipinski definition) is 0. The molecule has 4 aromatic rings. The lowest BCUT2D eigenvalue weighted by atomic mass is 10.2. The Labute approximate surface area is 216 Å². The first kappa shape index (κ1) is 22.4. The Balaban J connectivity index is 1.48. The third kappa shape index (κ3) is 3.95. The second-order valence-corrected chi connectivity index (χ2v) is 11.6. The quantitative estimate of drug-likeness (QED) is 0.265. The van der Waals surface area contributed by atoms with E-state index in [9.17, 15) is 4.79 Å². The van der Waals surface area contributed by atoms with E-state index in [0.29, 0.717) is 10.1 Å². The van der Waals surface area contributed by atoms with E-state index in [1.165, 1.54) is 16.7 Å². The second-order valence-electron chi connectivity index (χ2n) is 8.31. The van der Waals surface area contributed by atoms with Gasteiger partial charge in [0.05, 0.1) is 32.3 Å². The van der Waals surface area contributed by atoms with Crippen LogP contribution in [-0.2, 0) is 4.79 Å². The summed E-state index contributed by atoms with van der Waals surface area (Å²) in [5.74, 6) is -0.0429. The van der Waals surface area contributed by atoms with E-state index in [1.807, 2.05) is 62.4 Å². The molecular formula is C27H22N4OS3. The lowest BCUT2D eigenvalue weighted by Crippen LogP contribution is -2.29. The summed E-state index contributed by atoms with van der Waals surface area (Å²) >= 11 is 4.77. The van der Waals surface area contributed by atoms with Crippen molar-refractivity contribution >= 4 is 73.2 Å². The molecule has 6 rings (SSSR count). The van der Waals surface area contributed by atoms with Gasteiger partial charge in [-0.05, 0) is 80.6 Å². The number of carbonyl (C=O) groups is 1. The van der Waals surface area contributed by atoms with Gasteiger partial charge in [0.2, 0.25) is 0 Å². The standard InChI is InChI=1S/C27H22N4OS3/c1-4-30-21-10-5-6-11-23(21)34-26(30)24-25(32)31(19-9-7-8-16(2)14-19)27(35-24)29-18-12-13-22-20(15-18)28-17(3)33-22/h5-15H,4H2,1-3H3. The summed E-state index contributed by atoms with van der Waals surface area (Å²) in [5.41, 5.74) is 4.79. The maximum Gasteiger partial charge on any atom is 0.274 e. The largest absolute Gasteiger partial charge is 0.334 e. The summed E-state index contributed by atoms with van der Waals surface area (Å²) in [4.78, 5) is 29.4. The molecule has 0 spiro atoms. The van der Waals surface area contributed by atoms with E-state index in [-0.39, 0.29) is 5.91 Å². The number of aromatic nitrogens is 1. The van der Waals surface area contributed by atoms with Crippen LogP contribution < -0.4 is 9.80 Å². The number of anilines is 2. The predicted molar refractivity (Wildman–Crippen MR) is 150 cm³/mol. The fourth-order valence-electron chi connectivity index (χ4n) is 4.30. The van der Waals surface area contributed by atoms with Crippen LogP contribution in [0.3, 0.4) is 0 Å². The van der Waals surface area contributed by atoms with Gasteiger partial charge in [0.15, 0.2) is 5.17 Å². The van der Waals surface area contributed by atoms with Crippen LogP contribution in [0.5, 0.6) is 0 Å². The third-order valence-corrected chi connectivity index (χ3v) is 9.16. The van der Waals surface area contributed by atoms with Gasteiger partial charge >= 0.3 is 0 Å². The summed E-state index contributed by atoms with van der Waals surface area (Å²) in [5, 5.41) is 2.65. The SMILES string of the molecule is CCN1C(=C2SC(=Nc3ccc4sc(C)nc4c3)N(c3cccc(C)c3)C2=O)Sc2ccccc21. The number of carbonyl (C=O) groups excluding carboxylic acids is 1. The van der Waals surface area contributed by atoms with Crippen molar-refractivity contribution in [2.75, 3.05) is 16.3 Å². The van der Waals surface area contributed by atoms with Crippen molar-refractivity contribution < 1.29 is 4.79 Å². The number of hydrogen-bond acceptors (Lipinski definition) is 7. The number of aliphatic imine (C=N–C) groups is 1. The molecule has 174 valence electrons. The smallest absolute Gasteiger partial charge is 0.274 e. The van der Waals surface area contributed by atoms with Crippen molar-refractivity contribution in [2.24, 2.45) is 4.99 Å². The molecule has 3 heterocycles.